The molecule has 1 amide bonds. The summed E-state index contributed by atoms with van der Waals surface area (Å²) in [5, 5.41) is 3.16. The summed E-state index contributed by atoms with van der Waals surface area (Å²) in [5.74, 6) is 3.50. The summed E-state index contributed by atoms with van der Waals surface area (Å²) in [6.45, 7) is 3.28. The summed E-state index contributed by atoms with van der Waals surface area (Å²) in [7, 11) is 0. The molecule has 25 heavy (non-hydrogen) atoms. The van der Waals surface area contributed by atoms with Gasteiger partial charge in [0, 0.05) is 23.5 Å². The van der Waals surface area contributed by atoms with Gasteiger partial charge in [-0.3, -0.25) is 4.79 Å². The fourth-order valence-corrected chi connectivity index (χ4v) is 5.43. The minimum atomic E-state index is 0.183. The van der Waals surface area contributed by atoms with E-state index in [-0.39, 0.29) is 5.91 Å². The first-order valence-electron chi connectivity index (χ1n) is 9.54. The molecule has 2 saturated heterocycles. The molecule has 1 aromatic rings. The number of nitrogens with one attached hydrogen (secondary N) is 1. The van der Waals surface area contributed by atoms with E-state index in [0.717, 1.165) is 23.5 Å². The highest BCUT2D eigenvalue weighted by Gasteiger charge is 2.26. The standard InChI is InChI=1S/C20H29BrN2OS/c21-19-4-2-1-3-17(19)5-6-20(24)22-15-16-7-11-23(12-8-16)18-9-13-25-14-10-18/h1-4,16,18H,5-15H2,(H,22,24). The lowest BCUT2D eigenvalue weighted by Gasteiger charge is -2.39. The normalized spacial score (nSPS) is 20.5. The Hall–Kier alpha value is -0.520. The lowest BCUT2D eigenvalue weighted by molar-refractivity contribution is -0.121. The summed E-state index contributed by atoms with van der Waals surface area (Å²) in [4.78, 5) is 14.8. The second-order valence-corrected chi connectivity index (χ2v) is 9.30. The van der Waals surface area contributed by atoms with E-state index in [4.69, 9.17) is 0 Å². The number of amides is 1. The van der Waals surface area contributed by atoms with Gasteiger partial charge in [0.15, 0.2) is 0 Å². The summed E-state index contributed by atoms with van der Waals surface area (Å²) < 4.78 is 1.09. The molecule has 0 unspecified atom stereocenters. The number of nitrogens with zero attached hydrogens (tertiary/aromatic N) is 1. The Morgan fingerprint density at radius 3 is 2.60 bits per heavy atom. The Labute approximate surface area is 164 Å². The maximum absolute atomic E-state index is 12.1. The number of thioether (sulfide) groups is 1. The van der Waals surface area contributed by atoms with Crippen LogP contribution in [0.5, 0.6) is 0 Å². The molecule has 5 heteroatoms. The van der Waals surface area contributed by atoms with Gasteiger partial charge in [0.2, 0.25) is 5.91 Å². The van der Waals surface area contributed by atoms with Gasteiger partial charge in [0.05, 0.1) is 0 Å². The summed E-state index contributed by atoms with van der Waals surface area (Å²) in [6.07, 6.45) is 6.55. The molecule has 0 atom stereocenters. The van der Waals surface area contributed by atoms with Gasteiger partial charge in [-0.1, -0.05) is 34.1 Å². The minimum absolute atomic E-state index is 0.183. The molecular weight excluding hydrogens is 396 g/mol. The maximum Gasteiger partial charge on any atom is 0.220 e. The van der Waals surface area contributed by atoms with Crippen molar-refractivity contribution in [3.63, 3.8) is 0 Å². The molecule has 3 nitrogen and oxygen atoms in total. The van der Waals surface area contributed by atoms with Gasteiger partial charge in [-0.2, -0.15) is 11.8 Å². The van der Waals surface area contributed by atoms with Crippen molar-refractivity contribution in [2.45, 2.75) is 44.6 Å². The smallest absolute Gasteiger partial charge is 0.220 e. The predicted octanol–water partition coefficient (Wildman–Crippen LogP) is 4.11. The van der Waals surface area contributed by atoms with Crippen LogP contribution in [0.3, 0.4) is 0 Å². The average Bonchev–Trinajstić information content (AvgIpc) is 2.67. The third-order valence-corrected chi connectivity index (χ3v) is 7.35. The monoisotopic (exact) mass is 424 g/mol. The third-order valence-electron chi connectivity index (χ3n) is 5.52. The molecule has 2 aliphatic rings. The van der Waals surface area contributed by atoms with E-state index in [1.807, 2.05) is 18.2 Å². The Kier molecular flexibility index (Phi) is 7.68. The average molecular weight is 425 g/mol. The molecule has 138 valence electrons. The Morgan fingerprint density at radius 2 is 1.88 bits per heavy atom. The highest BCUT2D eigenvalue weighted by Crippen LogP contribution is 2.26. The lowest BCUT2D eigenvalue weighted by atomic mass is 9.94. The topological polar surface area (TPSA) is 32.3 Å². The number of likely N-dealkylation sites (tertiary alicyclic amines) is 1. The first-order chi connectivity index (χ1) is 12.2. The number of halogens is 1. The largest absolute Gasteiger partial charge is 0.356 e. The fraction of sp³-hybridized carbons (Fsp3) is 0.650. The van der Waals surface area contributed by atoms with Crippen molar-refractivity contribution in [3.8, 4) is 0 Å². The quantitative estimate of drug-likeness (QED) is 0.745. The van der Waals surface area contributed by atoms with Gasteiger partial charge in [0.1, 0.15) is 0 Å². The second kappa shape index (κ2) is 9.98. The van der Waals surface area contributed by atoms with Crippen molar-refractivity contribution in [3.05, 3.63) is 34.3 Å². The third kappa shape index (κ3) is 6.00. The van der Waals surface area contributed by atoms with E-state index in [0.29, 0.717) is 12.3 Å². The van der Waals surface area contributed by atoms with Gasteiger partial charge in [-0.25, -0.2) is 0 Å². The van der Waals surface area contributed by atoms with Crippen LogP contribution >= 0.6 is 27.7 Å². The SMILES string of the molecule is O=C(CCc1ccccc1Br)NCC1CCN(C2CCSCC2)CC1. The van der Waals surface area contributed by atoms with E-state index in [2.05, 4.69) is 44.0 Å². The molecule has 0 spiro atoms. The number of rotatable bonds is 6. The zero-order valence-corrected chi connectivity index (χ0v) is 17.3. The first-order valence-corrected chi connectivity index (χ1v) is 11.5. The number of aryl methyl sites for hydroxylation is 1. The Bertz CT molecular complexity index is 554. The van der Waals surface area contributed by atoms with E-state index >= 15 is 0 Å². The van der Waals surface area contributed by atoms with Crippen LogP contribution in [-0.4, -0.2) is 48.0 Å². The fourth-order valence-electron chi connectivity index (χ4n) is 3.87. The molecule has 3 rings (SSSR count). The lowest BCUT2D eigenvalue weighted by Crippen LogP contribution is -2.45. The number of hydrogen-bond donors (Lipinski definition) is 1. The number of benzene rings is 1. The number of hydrogen-bond acceptors (Lipinski definition) is 3. The molecule has 0 saturated carbocycles. The van der Waals surface area contributed by atoms with Gasteiger partial charge < -0.3 is 10.2 Å². The van der Waals surface area contributed by atoms with Crippen LogP contribution in [0.4, 0.5) is 0 Å². The van der Waals surface area contributed by atoms with Gasteiger partial charge in [-0.05, 0) is 74.2 Å². The molecule has 1 N–H and O–H groups in total. The van der Waals surface area contributed by atoms with E-state index in [1.54, 1.807) is 0 Å². The van der Waals surface area contributed by atoms with Crippen LogP contribution in [0.25, 0.3) is 0 Å². The summed E-state index contributed by atoms with van der Waals surface area (Å²) >= 11 is 5.65. The molecule has 2 fully saturated rings. The van der Waals surface area contributed by atoms with Crippen molar-refractivity contribution in [2.75, 3.05) is 31.1 Å². The molecule has 2 heterocycles. The van der Waals surface area contributed by atoms with Crippen molar-refractivity contribution < 1.29 is 4.79 Å². The Morgan fingerprint density at radius 1 is 1.16 bits per heavy atom. The van der Waals surface area contributed by atoms with E-state index < -0.39 is 0 Å². The van der Waals surface area contributed by atoms with Gasteiger partial charge >= 0.3 is 0 Å². The van der Waals surface area contributed by atoms with Crippen LogP contribution in [0, 0.1) is 5.92 Å². The van der Waals surface area contributed by atoms with Gasteiger partial charge in [0.25, 0.3) is 0 Å². The molecule has 0 radical (unpaired) electrons. The predicted molar refractivity (Wildman–Crippen MR) is 110 cm³/mol. The van der Waals surface area contributed by atoms with Crippen molar-refractivity contribution >= 4 is 33.6 Å². The highest BCUT2D eigenvalue weighted by atomic mass is 79.9. The summed E-state index contributed by atoms with van der Waals surface area (Å²) in [6, 6.07) is 8.97. The summed E-state index contributed by atoms with van der Waals surface area (Å²) in [5.41, 5.74) is 1.21. The molecule has 2 aliphatic heterocycles. The van der Waals surface area contributed by atoms with E-state index in [1.165, 1.54) is 55.8 Å². The number of carbonyl (C=O) groups excluding carboxylic acids is 1. The van der Waals surface area contributed by atoms with Crippen molar-refractivity contribution in [1.82, 2.24) is 10.2 Å². The molecule has 0 aromatic heterocycles. The van der Waals surface area contributed by atoms with Crippen molar-refractivity contribution in [1.29, 1.82) is 0 Å². The molecule has 1 aromatic carbocycles. The number of carbonyl (C=O) groups is 1. The zero-order valence-electron chi connectivity index (χ0n) is 14.9. The molecular formula is C20H29BrN2OS. The highest BCUT2D eigenvalue weighted by molar-refractivity contribution is 9.10. The molecule has 0 bridgehead atoms. The van der Waals surface area contributed by atoms with Gasteiger partial charge in [-0.15, -0.1) is 0 Å². The first kappa shape index (κ1) is 19.2. The van der Waals surface area contributed by atoms with E-state index in [9.17, 15) is 4.79 Å². The number of piperidine rings is 1. The Balaban J connectivity index is 1.32. The molecule has 0 aliphatic carbocycles. The second-order valence-electron chi connectivity index (χ2n) is 7.22. The minimum Gasteiger partial charge on any atom is -0.356 e. The van der Waals surface area contributed by atoms with Crippen LogP contribution in [0.2, 0.25) is 0 Å². The van der Waals surface area contributed by atoms with Crippen LogP contribution in [-0.2, 0) is 11.2 Å². The zero-order chi connectivity index (χ0) is 17.5. The van der Waals surface area contributed by atoms with Crippen LogP contribution in [0.1, 0.15) is 37.7 Å². The maximum atomic E-state index is 12.1. The van der Waals surface area contributed by atoms with Crippen molar-refractivity contribution in [2.24, 2.45) is 5.92 Å². The van der Waals surface area contributed by atoms with Crippen LogP contribution < -0.4 is 5.32 Å². The van der Waals surface area contributed by atoms with Crippen LogP contribution in [0.15, 0.2) is 28.7 Å².